The Kier molecular flexibility index (Phi) is 8.12. The molecule has 2 saturated carbocycles. The van der Waals surface area contributed by atoms with Gasteiger partial charge >= 0.3 is 0 Å². The topological polar surface area (TPSA) is 60.0 Å². The average molecular weight is 396 g/mol. The fourth-order valence-electron chi connectivity index (χ4n) is 4.28. The molecule has 3 aliphatic rings. The number of piperazine rings is 1. The van der Waals surface area contributed by atoms with Crippen LogP contribution in [0.2, 0.25) is 0 Å². The van der Waals surface area contributed by atoms with Crippen LogP contribution in [0.15, 0.2) is 4.99 Å². The molecule has 0 radical (unpaired) electrons. The van der Waals surface area contributed by atoms with Crippen molar-refractivity contribution in [2.45, 2.75) is 56.7 Å². The van der Waals surface area contributed by atoms with E-state index in [0.29, 0.717) is 17.9 Å². The number of hydrogen-bond donors (Lipinski definition) is 2. The largest absolute Gasteiger partial charge is 0.355 e. The fraction of sp³-hybridized carbons (Fsp3) is 0.900. The van der Waals surface area contributed by atoms with E-state index >= 15 is 0 Å². The molecular weight excluding hydrogens is 358 g/mol. The van der Waals surface area contributed by atoms with Crippen LogP contribution in [-0.2, 0) is 4.79 Å². The van der Waals surface area contributed by atoms with Crippen LogP contribution in [0.4, 0.5) is 0 Å². The minimum Gasteiger partial charge on any atom is -0.355 e. The number of hydrogen-bond acceptors (Lipinski definition) is 4. The fourth-order valence-corrected chi connectivity index (χ4v) is 5.43. The third-order valence-corrected chi connectivity index (χ3v) is 7.44. The highest BCUT2D eigenvalue weighted by molar-refractivity contribution is 7.99. The Balaban J connectivity index is 1.29. The lowest BCUT2D eigenvalue weighted by atomic mass is 9.84. The minimum atomic E-state index is 0.332. The third-order valence-electron chi connectivity index (χ3n) is 6.21. The second-order valence-corrected chi connectivity index (χ2v) is 9.60. The molecule has 3 rings (SSSR count). The first-order valence-corrected chi connectivity index (χ1v) is 11.8. The predicted octanol–water partition coefficient (Wildman–Crippen LogP) is 1.77. The second kappa shape index (κ2) is 10.6. The predicted molar refractivity (Wildman–Crippen MR) is 114 cm³/mol. The lowest BCUT2D eigenvalue weighted by Crippen LogP contribution is -2.52. The standard InChI is InChI=1S/C20H37N5OS/c1-3-27-18-8-7-17(15-18)23-20(21-2)22-9-10-24-11-13-25(14-12-24)19(26)16-5-4-6-16/h16-18H,3-15H2,1-2H3,(H2,21,22,23). The zero-order valence-corrected chi connectivity index (χ0v) is 17.9. The molecule has 154 valence electrons. The van der Waals surface area contributed by atoms with Gasteiger partial charge in [0.2, 0.25) is 5.91 Å². The van der Waals surface area contributed by atoms with Gasteiger partial charge in [0, 0.05) is 63.5 Å². The zero-order chi connectivity index (χ0) is 19.1. The van der Waals surface area contributed by atoms with E-state index in [1.165, 1.54) is 31.4 Å². The summed E-state index contributed by atoms with van der Waals surface area (Å²) in [5, 5.41) is 7.87. The Morgan fingerprint density at radius 1 is 1.15 bits per heavy atom. The molecule has 2 N–H and O–H groups in total. The smallest absolute Gasteiger partial charge is 0.225 e. The zero-order valence-electron chi connectivity index (χ0n) is 17.1. The summed E-state index contributed by atoms with van der Waals surface area (Å²) in [4.78, 5) is 21.3. The van der Waals surface area contributed by atoms with Crippen molar-refractivity contribution in [3.8, 4) is 0 Å². The van der Waals surface area contributed by atoms with E-state index in [2.05, 4.69) is 44.1 Å². The number of aliphatic imine (C=N–C) groups is 1. The van der Waals surface area contributed by atoms with Crippen molar-refractivity contribution in [1.82, 2.24) is 20.4 Å². The molecule has 0 bridgehead atoms. The number of guanidine groups is 1. The lowest BCUT2D eigenvalue weighted by molar-refractivity contribution is -0.139. The first-order valence-electron chi connectivity index (χ1n) is 10.8. The molecule has 27 heavy (non-hydrogen) atoms. The van der Waals surface area contributed by atoms with E-state index in [1.54, 1.807) is 0 Å². The van der Waals surface area contributed by atoms with Gasteiger partial charge in [-0.2, -0.15) is 11.8 Å². The van der Waals surface area contributed by atoms with Crippen LogP contribution >= 0.6 is 11.8 Å². The van der Waals surface area contributed by atoms with Crippen LogP contribution < -0.4 is 10.6 Å². The molecule has 6 nitrogen and oxygen atoms in total. The van der Waals surface area contributed by atoms with E-state index in [1.807, 2.05) is 7.05 Å². The maximum atomic E-state index is 12.3. The summed E-state index contributed by atoms with van der Waals surface area (Å²) >= 11 is 2.09. The molecule has 2 atom stereocenters. The Hall–Kier alpha value is -0.950. The number of amides is 1. The van der Waals surface area contributed by atoms with E-state index in [4.69, 9.17) is 0 Å². The van der Waals surface area contributed by atoms with E-state index < -0.39 is 0 Å². The summed E-state index contributed by atoms with van der Waals surface area (Å²) in [6.45, 7) is 7.91. The van der Waals surface area contributed by atoms with Gasteiger partial charge in [-0.1, -0.05) is 13.3 Å². The molecule has 2 aliphatic carbocycles. The number of nitrogens with zero attached hydrogens (tertiary/aromatic N) is 3. The van der Waals surface area contributed by atoms with Gasteiger partial charge in [-0.15, -0.1) is 0 Å². The Morgan fingerprint density at radius 3 is 2.56 bits per heavy atom. The second-order valence-electron chi connectivity index (χ2n) is 8.03. The van der Waals surface area contributed by atoms with Gasteiger partial charge in [-0.05, 0) is 37.9 Å². The van der Waals surface area contributed by atoms with Crippen molar-refractivity contribution in [1.29, 1.82) is 0 Å². The molecule has 0 aromatic heterocycles. The van der Waals surface area contributed by atoms with Gasteiger partial charge in [0.15, 0.2) is 5.96 Å². The van der Waals surface area contributed by atoms with Crippen molar-refractivity contribution < 1.29 is 4.79 Å². The molecular formula is C20H37N5OS. The first-order chi connectivity index (χ1) is 13.2. The van der Waals surface area contributed by atoms with Crippen molar-refractivity contribution in [3.63, 3.8) is 0 Å². The first kappa shape index (κ1) is 20.8. The number of carbonyl (C=O) groups is 1. The molecule has 7 heteroatoms. The summed E-state index contributed by atoms with van der Waals surface area (Å²) in [7, 11) is 1.85. The van der Waals surface area contributed by atoms with Crippen LogP contribution in [0, 0.1) is 5.92 Å². The van der Waals surface area contributed by atoms with E-state index in [9.17, 15) is 4.79 Å². The highest BCUT2D eigenvalue weighted by Gasteiger charge is 2.31. The van der Waals surface area contributed by atoms with Crippen LogP contribution in [-0.4, -0.2) is 85.0 Å². The maximum Gasteiger partial charge on any atom is 0.225 e. The molecule has 0 aromatic carbocycles. The van der Waals surface area contributed by atoms with E-state index in [-0.39, 0.29) is 0 Å². The van der Waals surface area contributed by atoms with Crippen LogP contribution in [0.1, 0.15) is 45.4 Å². The van der Waals surface area contributed by atoms with Gasteiger partial charge in [0.05, 0.1) is 0 Å². The molecule has 0 spiro atoms. The van der Waals surface area contributed by atoms with Crippen LogP contribution in [0.3, 0.4) is 0 Å². The number of nitrogens with one attached hydrogen (secondary N) is 2. The van der Waals surface area contributed by atoms with Crippen molar-refractivity contribution in [2.24, 2.45) is 10.9 Å². The molecule has 1 saturated heterocycles. The average Bonchev–Trinajstić information content (AvgIpc) is 3.07. The van der Waals surface area contributed by atoms with Crippen LogP contribution in [0.5, 0.6) is 0 Å². The number of thioether (sulfide) groups is 1. The van der Waals surface area contributed by atoms with Crippen molar-refractivity contribution >= 4 is 23.6 Å². The van der Waals surface area contributed by atoms with Crippen molar-refractivity contribution in [3.05, 3.63) is 0 Å². The summed E-state index contributed by atoms with van der Waals surface area (Å²) in [5.41, 5.74) is 0. The Morgan fingerprint density at radius 2 is 1.93 bits per heavy atom. The molecule has 3 fully saturated rings. The molecule has 1 heterocycles. The summed E-state index contributed by atoms with van der Waals surface area (Å²) in [6, 6.07) is 0.557. The molecule has 2 unspecified atom stereocenters. The lowest BCUT2D eigenvalue weighted by Gasteiger charge is -2.38. The molecule has 1 amide bonds. The van der Waals surface area contributed by atoms with Gasteiger partial charge < -0.3 is 15.5 Å². The third kappa shape index (κ3) is 6.01. The minimum absolute atomic E-state index is 0.332. The van der Waals surface area contributed by atoms with Gasteiger partial charge in [-0.25, -0.2) is 0 Å². The Bertz CT molecular complexity index is 503. The maximum absolute atomic E-state index is 12.3. The quantitative estimate of drug-likeness (QED) is 0.508. The van der Waals surface area contributed by atoms with Gasteiger partial charge in [0.25, 0.3) is 0 Å². The Labute approximate surface area is 168 Å². The number of carbonyl (C=O) groups excluding carboxylic acids is 1. The molecule has 0 aromatic rings. The van der Waals surface area contributed by atoms with Gasteiger partial charge in [-0.3, -0.25) is 14.7 Å². The monoisotopic (exact) mass is 395 g/mol. The SMILES string of the molecule is CCSC1CCC(NC(=NC)NCCN2CCN(C(=O)C3CCC3)CC2)C1. The summed E-state index contributed by atoms with van der Waals surface area (Å²) < 4.78 is 0. The molecule has 1 aliphatic heterocycles. The number of rotatable bonds is 7. The summed E-state index contributed by atoms with van der Waals surface area (Å²) in [6.07, 6.45) is 7.25. The highest BCUT2D eigenvalue weighted by Crippen LogP contribution is 2.30. The summed E-state index contributed by atoms with van der Waals surface area (Å²) in [5.74, 6) is 2.88. The normalized spacial score (nSPS) is 27.5. The van der Waals surface area contributed by atoms with Crippen LogP contribution in [0.25, 0.3) is 0 Å². The van der Waals surface area contributed by atoms with Gasteiger partial charge in [0.1, 0.15) is 0 Å². The van der Waals surface area contributed by atoms with Crippen molar-refractivity contribution in [2.75, 3.05) is 52.1 Å². The highest BCUT2D eigenvalue weighted by atomic mass is 32.2. The van der Waals surface area contributed by atoms with E-state index in [0.717, 1.165) is 63.3 Å².